The van der Waals surface area contributed by atoms with Crippen LogP contribution in [0.3, 0.4) is 0 Å². The third-order valence-corrected chi connectivity index (χ3v) is 11.2. The van der Waals surface area contributed by atoms with Gasteiger partial charge in [-0.3, -0.25) is 9.13 Å². The molecule has 0 amide bonds. The number of fused-ring (bicyclic) bond motifs is 9. The highest BCUT2D eigenvalue weighted by molar-refractivity contribution is 6.11. The molecular formula is C51H31N5O. The summed E-state index contributed by atoms with van der Waals surface area (Å²) in [7, 11) is 0. The van der Waals surface area contributed by atoms with Gasteiger partial charge in [-0.2, -0.15) is 15.0 Å². The number of benzene rings is 8. The third kappa shape index (κ3) is 4.87. The lowest BCUT2D eigenvalue weighted by Gasteiger charge is -2.13. The van der Waals surface area contributed by atoms with Crippen molar-refractivity contribution in [2.45, 2.75) is 0 Å². The Morgan fingerprint density at radius 2 is 0.842 bits per heavy atom. The molecule has 0 aliphatic heterocycles. The highest BCUT2D eigenvalue weighted by atomic mass is 16.3. The average Bonchev–Trinajstić information content (AvgIpc) is 3.94. The van der Waals surface area contributed by atoms with Crippen molar-refractivity contribution in [3.63, 3.8) is 0 Å². The van der Waals surface area contributed by atoms with Crippen LogP contribution in [0.4, 0.5) is 0 Å². The molecule has 0 bridgehead atoms. The Balaban J connectivity index is 1.10. The molecule has 12 rings (SSSR count). The molecule has 266 valence electrons. The molecule has 0 saturated carbocycles. The molecule has 0 fully saturated rings. The van der Waals surface area contributed by atoms with Gasteiger partial charge in [0.05, 0.1) is 22.1 Å². The fourth-order valence-electron chi connectivity index (χ4n) is 8.59. The summed E-state index contributed by atoms with van der Waals surface area (Å²) in [6.07, 6.45) is 0. The van der Waals surface area contributed by atoms with E-state index in [4.69, 9.17) is 19.4 Å². The van der Waals surface area contributed by atoms with E-state index in [-0.39, 0.29) is 0 Å². The summed E-state index contributed by atoms with van der Waals surface area (Å²) in [5.74, 6) is 1.67. The van der Waals surface area contributed by atoms with E-state index in [2.05, 4.69) is 179 Å². The fourth-order valence-corrected chi connectivity index (χ4v) is 8.59. The van der Waals surface area contributed by atoms with E-state index >= 15 is 0 Å². The summed E-state index contributed by atoms with van der Waals surface area (Å²) in [4.78, 5) is 15.9. The third-order valence-electron chi connectivity index (χ3n) is 11.2. The molecule has 0 N–H and O–H groups in total. The first-order valence-electron chi connectivity index (χ1n) is 19.1. The first-order chi connectivity index (χ1) is 28.3. The summed E-state index contributed by atoms with van der Waals surface area (Å²) >= 11 is 0. The standard InChI is InChI=1S/C51H31N5O/c1-2-13-32(14-3-1)35-29-30-40-39-17-6-10-23-45(39)56(46(40)31-35)51-53-49(52-50(54-51)55-43-21-8-4-15-37(43)38-16-5-9-22-44(38)55)34-27-25-33(26-28-34)36-19-12-20-42-41-18-7-11-24-47(41)57-48(36)42/h1-31H. The molecule has 0 spiro atoms. The smallest absolute Gasteiger partial charge is 0.240 e. The van der Waals surface area contributed by atoms with E-state index < -0.39 is 0 Å². The molecule has 6 heteroatoms. The number of rotatable bonds is 5. The largest absolute Gasteiger partial charge is 0.455 e. The lowest BCUT2D eigenvalue weighted by atomic mass is 10.0. The molecular weight excluding hydrogens is 699 g/mol. The summed E-state index contributed by atoms with van der Waals surface area (Å²) in [6, 6.07) is 65.6. The maximum absolute atomic E-state index is 6.41. The zero-order valence-electron chi connectivity index (χ0n) is 30.5. The maximum atomic E-state index is 6.41. The van der Waals surface area contributed by atoms with E-state index in [0.29, 0.717) is 17.7 Å². The Labute approximate surface area is 326 Å². The number of hydrogen-bond donors (Lipinski definition) is 0. The Hall–Kier alpha value is -7.83. The van der Waals surface area contributed by atoms with Crippen LogP contribution in [0.5, 0.6) is 0 Å². The van der Waals surface area contributed by atoms with Crippen molar-refractivity contribution in [1.82, 2.24) is 24.1 Å². The summed E-state index contributed by atoms with van der Waals surface area (Å²) < 4.78 is 10.8. The van der Waals surface area contributed by atoms with Crippen molar-refractivity contribution >= 4 is 65.6 Å². The van der Waals surface area contributed by atoms with Crippen LogP contribution in [0.1, 0.15) is 0 Å². The molecule has 4 heterocycles. The normalized spacial score (nSPS) is 11.9. The molecule has 6 nitrogen and oxygen atoms in total. The minimum absolute atomic E-state index is 0.546. The molecule has 4 aromatic heterocycles. The summed E-state index contributed by atoms with van der Waals surface area (Å²) in [5, 5.41) is 6.77. The fraction of sp³-hybridized carbons (Fsp3) is 0. The van der Waals surface area contributed by atoms with E-state index in [0.717, 1.165) is 93.4 Å². The van der Waals surface area contributed by atoms with Gasteiger partial charge in [0.15, 0.2) is 5.82 Å². The van der Waals surface area contributed by atoms with Gasteiger partial charge in [-0.05, 0) is 47.0 Å². The highest BCUT2D eigenvalue weighted by Crippen LogP contribution is 2.38. The van der Waals surface area contributed by atoms with Crippen LogP contribution < -0.4 is 0 Å². The van der Waals surface area contributed by atoms with Crippen LogP contribution in [-0.4, -0.2) is 24.1 Å². The minimum Gasteiger partial charge on any atom is -0.455 e. The number of hydrogen-bond acceptors (Lipinski definition) is 4. The molecule has 0 unspecified atom stereocenters. The van der Waals surface area contributed by atoms with Crippen LogP contribution in [0, 0.1) is 0 Å². The van der Waals surface area contributed by atoms with Gasteiger partial charge in [-0.15, -0.1) is 0 Å². The SMILES string of the molecule is c1ccc(-c2ccc3c4ccccc4n(-c4nc(-c5ccc(-c6cccc7c6oc6ccccc67)cc5)nc(-n5c6ccccc6c6ccccc65)n4)c3c2)cc1. The minimum atomic E-state index is 0.546. The second kappa shape index (κ2) is 12.3. The van der Waals surface area contributed by atoms with E-state index in [9.17, 15) is 0 Å². The first-order valence-corrected chi connectivity index (χ1v) is 19.1. The van der Waals surface area contributed by atoms with Crippen LogP contribution in [-0.2, 0) is 0 Å². The van der Waals surface area contributed by atoms with Gasteiger partial charge in [-0.1, -0.05) is 158 Å². The molecule has 12 aromatic rings. The number of para-hydroxylation sites is 5. The van der Waals surface area contributed by atoms with Crippen molar-refractivity contribution < 1.29 is 4.42 Å². The molecule has 0 aliphatic rings. The van der Waals surface area contributed by atoms with Crippen LogP contribution >= 0.6 is 0 Å². The topological polar surface area (TPSA) is 61.7 Å². The number of nitrogens with zero attached hydrogens (tertiary/aromatic N) is 5. The van der Waals surface area contributed by atoms with Gasteiger partial charge < -0.3 is 4.42 Å². The van der Waals surface area contributed by atoms with Crippen LogP contribution in [0.15, 0.2) is 192 Å². The molecule has 0 aliphatic carbocycles. The summed E-state index contributed by atoms with van der Waals surface area (Å²) in [5.41, 5.74) is 11.1. The molecule has 0 saturated heterocycles. The quantitative estimate of drug-likeness (QED) is 0.177. The van der Waals surface area contributed by atoms with Gasteiger partial charge >= 0.3 is 0 Å². The molecule has 8 aromatic carbocycles. The summed E-state index contributed by atoms with van der Waals surface area (Å²) in [6.45, 7) is 0. The predicted octanol–water partition coefficient (Wildman–Crippen LogP) is 13.0. The van der Waals surface area contributed by atoms with Gasteiger partial charge in [0.2, 0.25) is 11.9 Å². The molecule has 57 heavy (non-hydrogen) atoms. The van der Waals surface area contributed by atoms with E-state index in [1.807, 2.05) is 18.2 Å². The number of furan rings is 1. The Morgan fingerprint density at radius 3 is 1.51 bits per heavy atom. The molecule has 0 radical (unpaired) electrons. The monoisotopic (exact) mass is 729 g/mol. The average molecular weight is 730 g/mol. The highest BCUT2D eigenvalue weighted by Gasteiger charge is 2.21. The van der Waals surface area contributed by atoms with Crippen molar-refractivity contribution in [3.8, 4) is 45.5 Å². The zero-order valence-corrected chi connectivity index (χ0v) is 30.5. The zero-order chi connectivity index (χ0) is 37.5. The van der Waals surface area contributed by atoms with Crippen molar-refractivity contribution in [2.24, 2.45) is 0 Å². The first kappa shape index (κ1) is 31.5. The Bertz CT molecular complexity index is 3470. The van der Waals surface area contributed by atoms with Crippen molar-refractivity contribution in [1.29, 1.82) is 0 Å². The van der Waals surface area contributed by atoms with Gasteiger partial charge in [0, 0.05) is 43.4 Å². The second-order valence-corrected chi connectivity index (χ2v) is 14.4. The van der Waals surface area contributed by atoms with Crippen LogP contribution in [0.2, 0.25) is 0 Å². The van der Waals surface area contributed by atoms with Gasteiger partial charge in [0.1, 0.15) is 11.2 Å². The lowest BCUT2D eigenvalue weighted by molar-refractivity contribution is 0.670. The van der Waals surface area contributed by atoms with E-state index in [1.165, 1.54) is 0 Å². The number of aromatic nitrogens is 5. The van der Waals surface area contributed by atoms with Gasteiger partial charge in [-0.25, -0.2) is 0 Å². The maximum Gasteiger partial charge on any atom is 0.240 e. The van der Waals surface area contributed by atoms with Crippen molar-refractivity contribution in [3.05, 3.63) is 188 Å². The Kier molecular flexibility index (Phi) is 6.83. The second-order valence-electron chi connectivity index (χ2n) is 14.4. The van der Waals surface area contributed by atoms with Gasteiger partial charge in [0.25, 0.3) is 0 Å². The molecule has 0 atom stereocenters. The lowest BCUT2D eigenvalue weighted by Crippen LogP contribution is -2.10. The van der Waals surface area contributed by atoms with Crippen molar-refractivity contribution in [2.75, 3.05) is 0 Å². The predicted molar refractivity (Wildman–Crippen MR) is 232 cm³/mol. The van der Waals surface area contributed by atoms with E-state index in [1.54, 1.807) is 0 Å². The Morgan fingerprint density at radius 1 is 0.333 bits per heavy atom. The van der Waals surface area contributed by atoms with Crippen LogP contribution in [0.25, 0.3) is 111 Å².